The van der Waals surface area contributed by atoms with E-state index in [9.17, 15) is 9.59 Å². The highest BCUT2D eigenvalue weighted by molar-refractivity contribution is 7.19. The van der Waals surface area contributed by atoms with Crippen LogP contribution < -0.4 is 0 Å². The third kappa shape index (κ3) is 2.47. The molecule has 3 aromatic heterocycles. The summed E-state index contributed by atoms with van der Waals surface area (Å²) in [7, 11) is 1.99. The Balaban J connectivity index is 1.43. The number of fused-ring (bicyclic) bond motifs is 3. The summed E-state index contributed by atoms with van der Waals surface area (Å²) in [5.74, 6) is -0.446. The van der Waals surface area contributed by atoms with Crippen molar-refractivity contribution < 1.29 is 9.59 Å². The molecule has 0 fully saturated rings. The summed E-state index contributed by atoms with van der Waals surface area (Å²) in [6, 6.07) is 17.6. The van der Waals surface area contributed by atoms with Crippen LogP contribution in [0.3, 0.4) is 0 Å². The van der Waals surface area contributed by atoms with E-state index in [1.807, 2.05) is 49.5 Å². The van der Waals surface area contributed by atoms with E-state index in [4.69, 9.17) is 4.98 Å². The molecule has 1 aliphatic carbocycles. The number of ketones is 2. The highest BCUT2D eigenvalue weighted by atomic mass is 32.1. The van der Waals surface area contributed by atoms with Crippen molar-refractivity contribution in [3.8, 4) is 10.6 Å². The number of nitrogens with zero attached hydrogens (tertiary/aromatic N) is 2. The molecule has 0 bridgehead atoms. The maximum Gasteiger partial charge on any atom is 0.197 e. The van der Waals surface area contributed by atoms with E-state index in [2.05, 4.69) is 22.1 Å². The molecule has 2 aromatic carbocycles. The first-order chi connectivity index (χ1) is 14.6. The van der Waals surface area contributed by atoms with Crippen LogP contribution in [0.2, 0.25) is 0 Å². The minimum absolute atomic E-state index is 0.192. The third-order valence-corrected chi connectivity index (χ3v) is 7.33. The second kappa shape index (κ2) is 6.32. The van der Waals surface area contributed by atoms with Crippen LogP contribution in [-0.2, 0) is 7.05 Å². The van der Waals surface area contributed by atoms with Crippen LogP contribution in [-0.4, -0.2) is 21.1 Å². The molecule has 0 spiro atoms. The molecule has 3 heterocycles. The van der Waals surface area contributed by atoms with E-state index < -0.39 is 0 Å². The minimum Gasteiger partial charge on any atom is -0.327 e. The summed E-state index contributed by atoms with van der Waals surface area (Å²) >= 11 is 3.18. The quantitative estimate of drug-likeness (QED) is 0.258. The van der Waals surface area contributed by atoms with Crippen molar-refractivity contribution in [1.29, 1.82) is 0 Å². The molecule has 5 aromatic rings. The van der Waals surface area contributed by atoms with E-state index in [-0.39, 0.29) is 17.1 Å². The lowest BCUT2D eigenvalue weighted by atomic mass is 10.0. The fraction of sp³-hybridized carbons (Fsp3) is 0.0417. The van der Waals surface area contributed by atoms with E-state index >= 15 is 0 Å². The van der Waals surface area contributed by atoms with Gasteiger partial charge in [0.2, 0.25) is 0 Å². The summed E-state index contributed by atoms with van der Waals surface area (Å²) in [5, 5.41) is 4.64. The second-order valence-electron chi connectivity index (χ2n) is 7.27. The Labute approximate surface area is 179 Å². The number of thiophene rings is 1. The molecule has 30 heavy (non-hydrogen) atoms. The van der Waals surface area contributed by atoms with Crippen molar-refractivity contribution in [2.75, 3.05) is 0 Å². The van der Waals surface area contributed by atoms with Gasteiger partial charge >= 0.3 is 0 Å². The molecule has 0 unspecified atom stereocenters. The zero-order chi connectivity index (χ0) is 20.4. The zero-order valence-corrected chi connectivity index (χ0v) is 17.5. The first-order valence-corrected chi connectivity index (χ1v) is 11.1. The van der Waals surface area contributed by atoms with Gasteiger partial charge in [-0.25, -0.2) is 4.98 Å². The molecular formula is C24H14N2O2S2. The molecule has 0 radical (unpaired) electrons. The smallest absolute Gasteiger partial charge is 0.197 e. The van der Waals surface area contributed by atoms with E-state index in [0.717, 1.165) is 26.8 Å². The number of thiazole rings is 1. The van der Waals surface area contributed by atoms with Crippen molar-refractivity contribution in [3.63, 3.8) is 0 Å². The Kier molecular flexibility index (Phi) is 3.69. The van der Waals surface area contributed by atoms with Crippen molar-refractivity contribution in [3.05, 3.63) is 81.7 Å². The molecule has 144 valence electrons. The van der Waals surface area contributed by atoms with Crippen LogP contribution in [0.15, 0.2) is 65.6 Å². The molecule has 0 saturated carbocycles. The Morgan fingerprint density at radius 1 is 0.933 bits per heavy atom. The van der Waals surface area contributed by atoms with Gasteiger partial charge in [-0.05, 0) is 46.5 Å². The van der Waals surface area contributed by atoms with Crippen molar-refractivity contribution >= 4 is 61.4 Å². The highest BCUT2D eigenvalue weighted by Crippen LogP contribution is 2.35. The molecule has 4 nitrogen and oxygen atoms in total. The zero-order valence-electron chi connectivity index (χ0n) is 15.9. The number of carbonyl (C=O) groups excluding carboxylic acids is 2. The Hall–Kier alpha value is -3.35. The number of aromatic nitrogens is 2. The monoisotopic (exact) mass is 426 g/mol. The first kappa shape index (κ1) is 17.5. The molecule has 1 aliphatic rings. The molecule has 0 atom stereocenters. The molecule has 0 aliphatic heterocycles. The van der Waals surface area contributed by atoms with Gasteiger partial charge < -0.3 is 4.57 Å². The van der Waals surface area contributed by atoms with E-state index in [1.54, 1.807) is 17.4 Å². The number of benzene rings is 2. The summed E-state index contributed by atoms with van der Waals surface area (Å²) in [5.41, 5.74) is 3.12. The Morgan fingerprint density at radius 3 is 2.23 bits per heavy atom. The van der Waals surface area contributed by atoms with Gasteiger partial charge in [-0.2, -0.15) is 0 Å². The topological polar surface area (TPSA) is 52.0 Å². The predicted octanol–water partition coefficient (Wildman–Crippen LogP) is 5.98. The third-order valence-electron chi connectivity index (χ3n) is 5.50. The number of Topliss-reactive ketones (excluding diaryl/α,β-unsaturated/α-hetero) is 2. The van der Waals surface area contributed by atoms with Crippen LogP contribution in [0, 0.1) is 0 Å². The average molecular weight is 427 g/mol. The number of hydrogen-bond acceptors (Lipinski definition) is 5. The lowest BCUT2D eigenvalue weighted by Crippen LogP contribution is -2.00. The number of hydrogen-bond donors (Lipinski definition) is 0. The van der Waals surface area contributed by atoms with E-state index in [1.165, 1.54) is 16.2 Å². The van der Waals surface area contributed by atoms with Gasteiger partial charge in [0.25, 0.3) is 0 Å². The van der Waals surface area contributed by atoms with Gasteiger partial charge in [0.15, 0.2) is 17.2 Å². The SMILES string of the molecule is Cn1c(-c2cccs2)cc2sc(C=C3C(=O)c4cc5ccccc5cc4C3=O)nc21. The maximum absolute atomic E-state index is 13.0. The largest absolute Gasteiger partial charge is 0.327 e. The lowest BCUT2D eigenvalue weighted by Gasteiger charge is -2.00. The number of carbonyl (C=O) groups is 2. The van der Waals surface area contributed by atoms with Gasteiger partial charge in [0, 0.05) is 18.2 Å². The fourth-order valence-corrected chi connectivity index (χ4v) is 5.75. The van der Waals surface area contributed by atoms with Crippen LogP contribution in [0.5, 0.6) is 0 Å². The van der Waals surface area contributed by atoms with Gasteiger partial charge in [0.1, 0.15) is 5.01 Å². The lowest BCUT2D eigenvalue weighted by molar-refractivity contribution is 0.0990. The van der Waals surface area contributed by atoms with Crippen LogP contribution in [0.1, 0.15) is 25.7 Å². The van der Waals surface area contributed by atoms with Gasteiger partial charge in [-0.15, -0.1) is 22.7 Å². The molecule has 6 heteroatoms. The standard InChI is InChI=1S/C24H14N2O2S2/c1-26-18(19-7-4-8-29-19)12-20-24(26)25-21(30-20)11-17-22(27)15-9-13-5-2-3-6-14(13)10-16(15)23(17)28/h2-12H,1H3. The normalized spacial score (nSPS) is 13.6. The van der Waals surface area contributed by atoms with Crippen LogP contribution in [0.25, 0.3) is 37.8 Å². The van der Waals surface area contributed by atoms with Crippen molar-refractivity contribution in [1.82, 2.24) is 9.55 Å². The average Bonchev–Trinajstić information content (AvgIpc) is 3.51. The second-order valence-corrected chi connectivity index (χ2v) is 9.28. The van der Waals surface area contributed by atoms with Gasteiger partial charge in [-0.1, -0.05) is 30.3 Å². The number of aryl methyl sites for hydroxylation is 1. The first-order valence-electron chi connectivity index (χ1n) is 9.44. The molecule has 0 amide bonds. The van der Waals surface area contributed by atoms with Crippen molar-refractivity contribution in [2.24, 2.45) is 7.05 Å². The van der Waals surface area contributed by atoms with Crippen LogP contribution in [0.4, 0.5) is 0 Å². The number of rotatable bonds is 2. The summed E-state index contributed by atoms with van der Waals surface area (Å²) in [4.78, 5) is 31.8. The van der Waals surface area contributed by atoms with Gasteiger partial charge in [-0.3, -0.25) is 9.59 Å². The Bertz CT molecular complexity index is 1480. The fourth-order valence-electron chi connectivity index (χ4n) is 4.00. The molecule has 0 N–H and O–H groups in total. The molecule has 6 rings (SSSR count). The minimum atomic E-state index is -0.223. The maximum atomic E-state index is 13.0. The summed E-state index contributed by atoms with van der Waals surface area (Å²) in [6.45, 7) is 0. The molecular weight excluding hydrogens is 412 g/mol. The van der Waals surface area contributed by atoms with Gasteiger partial charge in [0.05, 0.1) is 20.8 Å². The Morgan fingerprint density at radius 2 is 1.63 bits per heavy atom. The number of allylic oxidation sites excluding steroid dienone is 1. The summed E-state index contributed by atoms with van der Waals surface area (Å²) in [6.07, 6.45) is 1.64. The highest BCUT2D eigenvalue weighted by Gasteiger charge is 2.33. The van der Waals surface area contributed by atoms with Crippen molar-refractivity contribution in [2.45, 2.75) is 0 Å². The van der Waals surface area contributed by atoms with E-state index in [0.29, 0.717) is 16.1 Å². The van der Waals surface area contributed by atoms with Crippen LogP contribution >= 0.6 is 22.7 Å². The predicted molar refractivity (Wildman–Crippen MR) is 122 cm³/mol. The summed E-state index contributed by atoms with van der Waals surface area (Å²) < 4.78 is 3.09. The molecule has 0 saturated heterocycles.